The first-order chi connectivity index (χ1) is 16.2. The van der Waals surface area contributed by atoms with Crippen molar-refractivity contribution in [2.75, 3.05) is 13.7 Å². The summed E-state index contributed by atoms with van der Waals surface area (Å²) >= 11 is 0. The largest absolute Gasteiger partial charge is 0.465 e. The lowest BCUT2D eigenvalue weighted by Crippen LogP contribution is -2.44. The lowest BCUT2D eigenvalue weighted by atomic mass is 9.81. The van der Waals surface area contributed by atoms with Crippen molar-refractivity contribution in [1.29, 1.82) is 0 Å². The molecule has 1 aromatic heterocycles. The molecular formula is C27H39NO6. The van der Waals surface area contributed by atoms with E-state index < -0.39 is 18.2 Å². The normalized spacial score (nSPS) is 20.1. The molecule has 1 fully saturated rings. The van der Waals surface area contributed by atoms with E-state index >= 15 is 0 Å². The molecule has 4 atom stereocenters. The molecule has 1 amide bonds. The minimum absolute atomic E-state index is 0.170. The second-order valence-corrected chi connectivity index (χ2v) is 10.2. The number of rotatable bonds is 12. The van der Waals surface area contributed by atoms with Crippen molar-refractivity contribution in [3.8, 4) is 0 Å². The highest BCUT2D eigenvalue weighted by Crippen LogP contribution is 2.33. The minimum Gasteiger partial charge on any atom is -0.465 e. The number of methoxy groups -OCH3 is 1. The van der Waals surface area contributed by atoms with Crippen molar-refractivity contribution in [3.63, 3.8) is 0 Å². The Morgan fingerprint density at radius 2 is 2.03 bits per heavy atom. The van der Waals surface area contributed by atoms with Crippen LogP contribution in [0.25, 0.3) is 11.0 Å². The molecule has 0 spiro atoms. The van der Waals surface area contributed by atoms with Crippen molar-refractivity contribution in [2.45, 2.75) is 71.9 Å². The van der Waals surface area contributed by atoms with Gasteiger partial charge in [0, 0.05) is 19.1 Å². The van der Waals surface area contributed by atoms with Gasteiger partial charge in [-0.3, -0.25) is 4.79 Å². The number of hydrogen-bond acceptors (Lipinski definition) is 5. The van der Waals surface area contributed by atoms with E-state index in [9.17, 15) is 14.7 Å². The quantitative estimate of drug-likeness (QED) is 0.315. The van der Waals surface area contributed by atoms with Gasteiger partial charge in [-0.2, -0.15) is 0 Å². The predicted octanol–water partition coefficient (Wildman–Crippen LogP) is 5.44. The van der Waals surface area contributed by atoms with E-state index in [2.05, 4.69) is 31.3 Å². The van der Waals surface area contributed by atoms with Crippen LogP contribution in [0, 0.1) is 23.7 Å². The van der Waals surface area contributed by atoms with Crippen LogP contribution in [-0.2, 0) is 27.1 Å². The van der Waals surface area contributed by atoms with Crippen molar-refractivity contribution in [1.82, 2.24) is 5.32 Å². The number of nitrogens with one attached hydrogen (secondary N) is 1. The highest BCUT2D eigenvalue weighted by molar-refractivity contribution is 5.81. The highest BCUT2D eigenvalue weighted by atomic mass is 16.6. The van der Waals surface area contributed by atoms with Gasteiger partial charge in [-0.1, -0.05) is 33.8 Å². The first-order valence-electron chi connectivity index (χ1n) is 12.4. The number of furan rings is 1. The van der Waals surface area contributed by atoms with E-state index in [1.165, 1.54) is 11.1 Å². The van der Waals surface area contributed by atoms with Crippen molar-refractivity contribution >= 4 is 23.0 Å². The number of fused-ring (bicyclic) bond motifs is 1. The Morgan fingerprint density at radius 3 is 2.65 bits per heavy atom. The molecular weight excluding hydrogens is 434 g/mol. The van der Waals surface area contributed by atoms with Gasteiger partial charge in [0.2, 0.25) is 0 Å². The Morgan fingerprint density at radius 1 is 1.26 bits per heavy atom. The van der Waals surface area contributed by atoms with Gasteiger partial charge in [0.25, 0.3) is 0 Å². The average Bonchev–Trinajstić information content (AvgIpc) is 3.36. The Balaban J connectivity index is 1.76. The molecule has 1 aromatic carbocycles. The number of amides is 1. The van der Waals surface area contributed by atoms with Crippen LogP contribution in [0.3, 0.4) is 0 Å². The molecule has 1 saturated heterocycles. The number of esters is 1. The number of carboxylic acid groups (broad SMARTS) is 1. The molecule has 0 radical (unpaired) electrons. The van der Waals surface area contributed by atoms with Crippen molar-refractivity contribution < 1.29 is 28.6 Å². The first kappa shape index (κ1) is 26.1. The standard InChI is InChI=1S/C27H39NO6/c1-16(2)20(13-23(28-27(30)31)25-14-21(17(3)4)26(29)34-25)11-18-8-9-24-22(12-18)19(15-33-24)7-6-10-32-5/h8-9,12,15-17,20-21,23,25,28H,6-7,10-11,13-14H2,1-5H3,(H,30,31)/t20-,21+,23+,25+/m1/s1. The minimum atomic E-state index is -1.09. The second-order valence-electron chi connectivity index (χ2n) is 10.2. The van der Waals surface area contributed by atoms with Crippen LogP contribution >= 0.6 is 0 Å². The molecule has 2 aromatic rings. The molecule has 1 aliphatic rings. The summed E-state index contributed by atoms with van der Waals surface area (Å²) in [4.78, 5) is 23.9. The Labute approximate surface area is 202 Å². The molecule has 0 aliphatic carbocycles. The molecule has 188 valence electrons. The van der Waals surface area contributed by atoms with E-state index in [-0.39, 0.29) is 23.7 Å². The lowest BCUT2D eigenvalue weighted by molar-refractivity contribution is -0.146. The average molecular weight is 474 g/mol. The highest BCUT2D eigenvalue weighted by Gasteiger charge is 2.41. The molecule has 0 saturated carbocycles. The Bertz CT molecular complexity index is 965. The van der Waals surface area contributed by atoms with Gasteiger partial charge < -0.3 is 24.3 Å². The topological polar surface area (TPSA) is 98.0 Å². The fourth-order valence-electron chi connectivity index (χ4n) is 4.96. The second kappa shape index (κ2) is 11.7. The molecule has 7 heteroatoms. The molecule has 1 aliphatic heterocycles. The molecule has 2 heterocycles. The number of hydrogen-bond donors (Lipinski definition) is 2. The molecule has 0 bridgehead atoms. The van der Waals surface area contributed by atoms with Crippen molar-refractivity contribution in [2.24, 2.45) is 23.7 Å². The smallest absolute Gasteiger partial charge is 0.405 e. The van der Waals surface area contributed by atoms with E-state index in [1.807, 2.05) is 26.2 Å². The van der Waals surface area contributed by atoms with Gasteiger partial charge in [-0.25, -0.2) is 4.79 Å². The van der Waals surface area contributed by atoms with Crippen LogP contribution in [0.5, 0.6) is 0 Å². The van der Waals surface area contributed by atoms with Gasteiger partial charge in [0.05, 0.1) is 18.2 Å². The number of aryl methyl sites for hydroxylation is 1. The lowest BCUT2D eigenvalue weighted by Gasteiger charge is -2.29. The molecule has 34 heavy (non-hydrogen) atoms. The third kappa shape index (κ3) is 6.53. The SMILES string of the molecule is COCCCc1coc2ccc(C[C@H](C[C@H](NC(=O)O)[C@@H]3C[C@@H](C(C)C)C(=O)O3)C(C)C)cc12. The maximum Gasteiger partial charge on any atom is 0.405 e. The number of benzene rings is 1. The molecule has 3 rings (SSSR count). The number of cyclic esters (lactones) is 1. The van der Waals surface area contributed by atoms with Crippen LogP contribution in [0.15, 0.2) is 28.9 Å². The summed E-state index contributed by atoms with van der Waals surface area (Å²) in [6.07, 6.45) is 4.11. The van der Waals surface area contributed by atoms with Crippen LogP contribution in [-0.4, -0.2) is 43.0 Å². The van der Waals surface area contributed by atoms with Gasteiger partial charge in [-0.05, 0) is 73.1 Å². The van der Waals surface area contributed by atoms with E-state index in [4.69, 9.17) is 13.9 Å². The van der Waals surface area contributed by atoms with Crippen molar-refractivity contribution in [3.05, 3.63) is 35.6 Å². The summed E-state index contributed by atoms with van der Waals surface area (Å²) in [6, 6.07) is 5.87. The van der Waals surface area contributed by atoms with E-state index in [0.29, 0.717) is 25.4 Å². The summed E-state index contributed by atoms with van der Waals surface area (Å²) in [5.74, 6) is 0.321. The maximum atomic E-state index is 12.3. The molecule has 2 N–H and O–H groups in total. The first-order valence-corrected chi connectivity index (χ1v) is 12.4. The summed E-state index contributed by atoms with van der Waals surface area (Å²) in [5, 5.41) is 13.2. The summed E-state index contributed by atoms with van der Waals surface area (Å²) in [6.45, 7) is 9.03. The Hall–Kier alpha value is -2.54. The van der Waals surface area contributed by atoms with Crippen LogP contribution < -0.4 is 5.32 Å². The Kier molecular flexibility index (Phi) is 9.00. The number of ether oxygens (including phenoxy) is 2. The summed E-state index contributed by atoms with van der Waals surface area (Å²) in [5.41, 5.74) is 3.25. The number of carbonyl (C=O) groups is 2. The van der Waals surface area contributed by atoms with Gasteiger partial charge in [0.1, 0.15) is 11.7 Å². The number of carbonyl (C=O) groups excluding carboxylic acids is 1. The van der Waals surface area contributed by atoms with Gasteiger partial charge in [-0.15, -0.1) is 0 Å². The maximum absolute atomic E-state index is 12.3. The predicted molar refractivity (Wildman–Crippen MR) is 131 cm³/mol. The summed E-state index contributed by atoms with van der Waals surface area (Å²) in [7, 11) is 1.71. The fourth-order valence-corrected chi connectivity index (χ4v) is 4.96. The van der Waals surface area contributed by atoms with E-state index in [0.717, 1.165) is 30.2 Å². The molecule has 7 nitrogen and oxygen atoms in total. The van der Waals surface area contributed by atoms with Gasteiger partial charge >= 0.3 is 12.1 Å². The monoisotopic (exact) mass is 473 g/mol. The third-order valence-electron chi connectivity index (χ3n) is 7.13. The molecule has 0 unspecified atom stereocenters. The zero-order valence-corrected chi connectivity index (χ0v) is 21.0. The van der Waals surface area contributed by atoms with Crippen LogP contribution in [0.2, 0.25) is 0 Å². The van der Waals surface area contributed by atoms with E-state index in [1.54, 1.807) is 7.11 Å². The van der Waals surface area contributed by atoms with Crippen LogP contribution in [0.4, 0.5) is 4.79 Å². The third-order valence-corrected chi connectivity index (χ3v) is 7.13. The summed E-state index contributed by atoms with van der Waals surface area (Å²) < 4.78 is 16.6. The zero-order valence-electron chi connectivity index (χ0n) is 21.0. The zero-order chi connectivity index (χ0) is 24.8. The van der Waals surface area contributed by atoms with Gasteiger partial charge in [0.15, 0.2) is 0 Å². The fraction of sp³-hybridized carbons (Fsp3) is 0.630. The van der Waals surface area contributed by atoms with Crippen LogP contribution in [0.1, 0.15) is 58.1 Å².